The van der Waals surface area contributed by atoms with Gasteiger partial charge in [-0.1, -0.05) is 118 Å². The first-order valence-corrected chi connectivity index (χ1v) is 49.8. The summed E-state index contributed by atoms with van der Waals surface area (Å²) in [4.78, 5) is 246. The third kappa shape index (κ3) is 39.4. The third-order valence-electron chi connectivity index (χ3n) is 26.5. The molecular formula is C99H161N17O32. The molecule has 2 aliphatic heterocycles. The molecular weight excluding hydrogens is 1940 g/mol. The van der Waals surface area contributed by atoms with Crippen molar-refractivity contribution in [1.82, 2.24) is 76.0 Å². The van der Waals surface area contributed by atoms with Crippen LogP contribution in [-0.4, -0.2) is 453 Å². The molecule has 49 heteroatoms. The molecule has 0 aromatic heterocycles. The summed E-state index contributed by atoms with van der Waals surface area (Å²) in [6.45, 7) is 10.3. The molecule has 2 aliphatic rings. The largest absolute Gasteiger partial charge is 0.468 e. The number of hydrogen-bond donors (Lipinski definition) is 19. The monoisotopic (exact) mass is 2100 g/mol. The van der Waals surface area contributed by atoms with Crippen LogP contribution >= 0.6 is 0 Å². The molecule has 2 aromatic carbocycles. The minimum Gasteiger partial charge on any atom is -0.468 e. The Morgan fingerprint density at radius 3 is 1.59 bits per heavy atom. The fourth-order valence-corrected chi connectivity index (χ4v) is 17.4. The SMILES string of the molecule is CC[C@H](C)[C@@H]([C@@H](CC(=O)N1CCC[C@H]1[C@H](OC)[C@@H](C)C(=O)N[C@H](C)[C@@H](O)c1ccccc1)OC)N(C)C(=O)C(NC(=O)[C@H](C(C)C)N(C)C(=O)OC(C(=O)N(C)CC(=O)N(C)CC(=O)NC(CCCN(C[C@H](O)[C@@H](O)[C@H](O)[C@H](O)CO)C[C@H](O)[C@@H](O)[C@H](O)[C@H](O)CO)C(=O)N(C)CC(=O)N(C)CC(=O)OC)c1ccc(NC(=O)[C@H](CCCNC(N)=O)NC(=O)[C@@H](NC(=O)CCCCCN2C(=O)C=CC2=O)C(C)C)cc1)C(C)C. The van der Waals surface area contributed by atoms with Crippen molar-refractivity contribution in [3.05, 3.63) is 77.9 Å². The van der Waals surface area contributed by atoms with Gasteiger partial charge in [0.05, 0.1) is 101 Å². The summed E-state index contributed by atoms with van der Waals surface area (Å²) in [6, 6.07) is 3.90. The zero-order valence-corrected chi connectivity index (χ0v) is 88.4. The van der Waals surface area contributed by atoms with Gasteiger partial charge in [-0.25, -0.2) is 9.59 Å². The first-order valence-electron chi connectivity index (χ1n) is 49.8. The first kappa shape index (κ1) is 129. The Morgan fingerprint density at radius 2 is 1.07 bits per heavy atom. The van der Waals surface area contributed by atoms with E-state index in [1.807, 2.05) is 19.9 Å². The van der Waals surface area contributed by atoms with E-state index in [0.29, 0.717) is 50.6 Å². The molecule has 49 nitrogen and oxygen atoms in total. The van der Waals surface area contributed by atoms with E-state index in [2.05, 4.69) is 42.0 Å². The van der Waals surface area contributed by atoms with Crippen LogP contribution in [0.1, 0.15) is 170 Å². The smallest absolute Gasteiger partial charge is 0.411 e. The molecule has 4 rings (SSSR count). The maximum atomic E-state index is 15.4. The van der Waals surface area contributed by atoms with E-state index in [1.54, 1.807) is 84.6 Å². The van der Waals surface area contributed by atoms with Gasteiger partial charge < -0.3 is 147 Å². The van der Waals surface area contributed by atoms with E-state index < -0.39 is 299 Å². The highest BCUT2D eigenvalue weighted by molar-refractivity contribution is 6.13. The van der Waals surface area contributed by atoms with Crippen LogP contribution in [0.15, 0.2) is 66.7 Å². The zero-order valence-electron chi connectivity index (χ0n) is 88.4. The molecule has 3 unspecified atom stereocenters. The van der Waals surface area contributed by atoms with Gasteiger partial charge in [0.2, 0.25) is 71.1 Å². The van der Waals surface area contributed by atoms with Crippen molar-refractivity contribution in [2.75, 3.05) is 148 Å². The summed E-state index contributed by atoms with van der Waals surface area (Å²) >= 11 is 0. The Kier molecular flexibility index (Phi) is 55.1. The topological polar surface area (TPSA) is 689 Å². The molecule has 148 heavy (non-hydrogen) atoms. The second-order valence-electron chi connectivity index (χ2n) is 39.0. The maximum Gasteiger partial charge on any atom is 0.411 e. The predicted molar refractivity (Wildman–Crippen MR) is 535 cm³/mol. The van der Waals surface area contributed by atoms with Gasteiger partial charge in [-0.3, -0.25) is 86.6 Å². The van der Waals surface area contributed by atoms with Gasteiger partial charge in [0.1, 0.15) is 73.4 Å². The average Bonchev–Trinajstić information content (AvgIpc) is 1.55. The number of hydrogen-bond acceptors (Lipinski definition) is 33. The number of nitrogens with one attached hydrogen (secondary N) is 7. The van der Waals surface area contributed by atoms with Crippen LogP contribution in [0.3, 0.4) is 0 Å². The number of ether oxygens (including phenoxy) is 4. The fraction of sp³-hybridized carbons (Fsp3) is 0.687. The van der Waals surface area contributed by atoms with Gasteiger partial charge in [0, 0.05) is 119 Å². The number of aliphatic hydroxyl groups is 11. The molecule has 0 aliphatic carbocycles. The number of methoxy groups -OCH3 is 3. The number of rotatable bonds is 65. The number of likely N-dealkylation sites (tertiary alicyclic amines) is 1. The Morgan fingerprint density at radius 1 is 0.527 bits per heavy atom. The Bertz CT molecular complexity index is 4630. The van der Waals surface area contributed by atoms with Crippen molar-refractivity contribution in [2.24, 2.45) is 35.3 Å². The zero-order chi connectivity index (χ0) is 112. The number of nitrogens with zero attached hydrogens (tertiary/aromatic N) is 9. The van der Waals surface area contributed by atoms with Crippen molar-refractivity contribution in [2.45, 2.75) is 268 Å². The quantitative estimate of drug-likeness (QED) is 0.0171. The van der Waals surface area contributed by atoms with E-state index in [1.165, 1.54) is 71.6 Å². The predicted octanol–water partition coefficient (Wildman–Crippen LogP) is -3.94. The number of unbranched alkanes of at least 4 members (excludes halogenated alkanes) is 2. The molecule has 0 bridgehead atoms. The number of aliphatic hydroxyl groups excluding tert-OH is 11. The number of primary amides is 1. The molecule has 2 aromatic rings. The van der Waals surface area contributed by atoms with Crippen LogP contribution < -0.4 is 43.0 Å². The standard InChI is InChI=1S/C99H161N17O32/c1-20-58(8)83(71(145-17)46-76(127)115-45-29-34-66(115)89(147-19)59(9)91(136)102-60(10)84(131)61-30-23-21-24-31-61)112(15)96(141)81(56(4)5)107-94(139)82(57(6)7)113(16)99(144)148-90(62-36-38-63(39-37-62)103-92(137)64(32-27-42-101-98(100)143)105-93(138)80(55(2)3)106-72(123)35-25-22-26-44-116-74(125)40-41-75(116)126)97(142)111(14)51-77(128)108(11)49-73(124)104-65(95(140)110(13)50-78(129)109(12)52-79(130)146-18)33-28-43-114(47-67(119)85(132)87(134)69(121)53-117)48-68(120)86(133)88(135)70(122)54-118/h21,23-24,30-31,36-41,55-60,64-71,80-90,117-122,131-135H,20,22,25-29,32-35,42-54H2,1-19H3,(H,102,136)(H,103,137)(H,104,124)(H,105,138)(H,106,123)(H,107,139)(H3,100,101,143)/t58-,59+,60+,64-,65?,66-,67-,68-,69+,70+,71+,80-,81?,82-,83-,84+,85+,86+,87+,88+,89+,90?/m0/s1. The Labute approximate surface area is 864 Å². The molecule has 22 atom stereocenters. The minimum absolute atomic E-state index is 0.00223. The van der Waals surface area contributed by atoms with Gasteiger partial charge in [0.15, 0.2) is 0 Å². The molecule has 0 spiro atoms. The highest BCUT2D eigenvalue weighted by Gasteiger charge is 2.47. The fourth-order valence-electron chi connectivity index (χ4n) is 17.4. The number of carbonyl (C=O) groups is 17. The lowest BCUT2D eigenvalue weighted by Crippen LogP contribution is -2.60. The number of anilines is 1. The maximum absolute atomic E-state index is 15.4. The van der Waals surface area contributed by atoms with Crippen molar-refractivity contribution in [1.29, 1.82) is 0 Å². The van der Waals surface area contributed by atoms with Gasteiger partial charge >= 0.3 is 18.1 Å². The summed E-state index contributed by atoms with van der Waals surface area (Å²) in [7, 11) is 11.3. The van der Waals surface area contributed by atoms with E-state index >= 15 is 19.2 Å². The van der Waals surface area contributed by atoms with Crippen molar-refractivity contribution in [3.63, 3.8) is 0 Å². The van der Waals surface area contributed by atoms with Gasteiger partial charge in [-0.15, -0.1) is 0 Å². The number of benzene rings is 2. The number of amides is 17. The Hall–Kier alpha value is -11.6. The molecule has 2 heterocycles. The van der Waals surface area contributed by atoms with Crippen LogP contribution in [0, 0.1) is 29.6 Å². The number of imide groups is 1. The molecule has 0 radical (unpaired) electrons. The second-order valence-corrected chi connectivity index (χ2v) is 39.0. The van der Waals surface area contributed by atoms with Crippen molar-refractivity contribution in [3.8, 4) is 0 Å². The van der Waals surface area contributed by atoms with Gasteiger partial charge in [0.25, 0.3) is 17.7 Å². The van der Waals surface area contributed by atoms with E-state index in [9.17, 15) is 119 Å². The number of likely N-dealkylation sites (N-methyl/N-ethyl adjacent to an activating group) is 6. The number of urea groups is 1. The van der Waals surface area contributed by atoms with E-state index in [0.717, 1.165) is 67.7 Å². The van der Waals surface area contributed by atoms with Gasteiger partial charge in [-0.05, 0) is 106 Å². The van der Waals surface area contributed by atoms with Crippen molar-refractivity contribution >= 4 is 106 Å². The molecule has 20 N–H and O–H groups in total. The van der Waals surface area contributed by atoms with E-state index in [4.69, 9.17) is 19.9 Å². The average molecular weight is 2100 g/mol. The lowest BCUT2D eigenvalue weighted by atomic mass is 9.89. The van der Waals surface area contributed by atoms with Crippen LogP contribution in [0.5, 0.6) is 0 Å². The highest BCUT2D eigenvalue weighted by atomic mass is 16.6. The van der Waals surface area contributed by atoms with Crippen LogP contribution in [-0.2, 0) is 90.9 Å². The summed E-state index contributed by atoms with van der Waals surface area (Å²) in [6.07, 6.45) is -18.8. The van der Waals surface area contributed by atoms with E-state index in [-0.39, 0.29) is 74.8 Å². The normalized spacial score (nSPS) is 17.4. The minimum atomic E-state index is -2.18. The number of esters is 1. The highest BCUT2D eigenvalue weighted by Crippen LogP contribution is 2.33. The second kappa shape index (κ2) is 63.4. The molecule has 1 saturated heterocycles. The lowest BCUT2D eigenvalue weighted by Gasteiger charge is -2.41. The van der Waals surface area contributed by atoms with Crippen LogP contribution in [0.4, 0.5) is 15.3 Å². The molecule has 17 amide bonds. The number of carbonyl (C=O) groups excluding carboxylic acids is 17. The summed E-state index contributed by atoms with van der Waals surface area (Å²) < 4.78 is 22.9. The number of nitrogens with two attached hydrogens (primary N) is 1. The van der Waals surface area contributed by atoms with Gasteiger partial charge in [-0.2, -0.15) is 0 Å². The first-order chi connectivity index (χ1) is 69.6. The van der Waals surface area contributed by atoms with Crippen LogP contribution in [0.25, 0.3) is 0 Å². The summed E-state index contributed by atoms with van der Waals surface area (Å²) in [5, 5.41) is 134. The third-order valence-corrected chi connectivity index (χ3v) is 26.5. The summed E-state index contributed by atoms with van der Waals surface area (Å²) in [5.74, 6) is -14.2. The van der Waals surface area contributed by atoms with Crippen LogP contribution in [0.2, 0.25) is 0 Å². The molecule has 0 saturated carbocycles. The molecule has 834 valence electrons. The Balaban J connectivity index is 1.76. The summed E-state index contributed by atoms with van der Waals surface area (Å²) in [5.41, 5.74) is 5.80. The van der Waals surface area contributed by atoms with Crippen molar-refractivity contribution < 1.29 is 157 Å². The molecule has 1 fully saturated rings. The lowest BCUT2D eigenvalue weighted by molar-refractivity contribution is -0.148.